The molecule has 1 aliphatic rings. The molecule has 0 bridgehead atoms. The number of H-pyrrole nitrogens is 1. The Labute approximate surface area is 181 Å². The topological polar surface area (TPSA) is 84.9 Å². The van der Waals surface area contributed by atoms with Crippen molar-refractivity contribution in [2.24, 2.45) is 0 Å². The fraction of sp³-hybridized carbons (Fsp3) is 0.333. The minimum atomic E-state index is -0.500. The number of amides is 1. The van der Waals surface area contributed by atoms with Crippen molar-refractivity contribution in [2.75, 3.05) is 25.6 Å². The quantitative estimate of drug-likeness (QED) is 0.533. The van der Waals surface area contributed by atoms with Gasteiger partial charge in [-0.1, -0.05) is 24.3 Å². The van der Waals surface area contributed by atoms with Crippen molar-refractivity contribution < 1.29 is 24.0 Å². The molecule has 1 amide bonds. The van der Waals surface area contributed by atoms with Crippen LogP contribution in [-0.4, -0.2) is 43.2 Å². The molecule has 0 saturated carbocycles. The van der Waals surface area contributed by atoms with E-state index >= 15 is 0 Å². The molecule has 1 unspecified atom stereocenters. The molecule has 0 saturated heterocycles. The molecule has 0 aliphatic carbocycles. The van der Waals surface area contributed by atoms with Crippen LogP contribution in [0.5, 0.6) is 5.75 Å². The van der Waals surface area contributed by atoms with Gasteiger partial charge < -0.3 is 24.7 Å². The highest BCUT2D eigenvalue weighted by Crippen LogP contribution is 2.31. The van der Waals surface area contributed by atoms with Crippen LogP contribution in [0.3, 0.4) is 0 Å². The third-order valence-corrected chi connectivity index (χ3v) is 5.99. The number of carbonyl (C=O) groups excluding carboxylic acids is 2. The number of ether oxygens (including phenoxy) is 2. The number of aromatic nitrogens is 1. The number of hydrogen-bond acceptors (Lipinski definition) is 4. The van der Waals surface area contributed by atoms with Gasteiger partial charge in [0.25, 0.3) is 5.91 Å². The second-order valence-corrected chi connectivity index (χ2v) is 7.82. The van der Waals surface area contributed by atoms with Crippen LogP contribution in [-0.2, 0) is 22.5 Å². The Balaban J connectivity index is 1.61. The minimum absolute atomic E-state index is 0.136. The van der Waals surface area contributed by atoms with Gasteiger partial charge in [-0.2, -0.15) is 0 Å². The van der Waals surface area contributed by atoms with Crippen molar-refractivity contribution in [1.29, 1.82) is 0 Å². The largest absolute Gasteiger partial charge is 0.497 e. The Hall–Kier alpha value is -3.32. The number of benzene rings is 2. The van der Waals surface area contributed by atoms with Gasteiger partial charge in [0.05, 0.1) is 25.9 Å². The molecule has 2 atom stereocenters. The van der Waals surface area contributed by atoms with Crippen molar-refractivity contribution in [2.45, 2.75) is 32.9 Å². The van der Waals surface area contributed by atoms with Crippen molar-refractivity contribution in [3.8, 4) is 5.75 Å². The second kappa shape index (κ2) is 8.81. The molecular weight excluding hydrogens is 394 g/mol. The number of rotatable bonds is 6. The number of fused-ring (bicyclic) bond motifs is 2. The normalized spacial score (nSPS) is 16.4. The molecule has 0 radical (unpaired) electrons. The maximum absolute atomic E-state index is 13.2. The summed E-state index contributed by atoms with van der Waals surface area (Å²) in [4.78, 5) is 30.0. The van der Waals surface area contributed by atoms with Gasteiger partial charge in [-0.3, -0.25) is 4.79 Å². The molecule has 31 heavy (non-hydrogen) atoms. The summed E-state index contributed by atoms with van der Waals surface area (Å²) >= 11 is 0. The number of quaternary nitrogens is 1. The summed E-state index contributed by atoms with van der Waals surface area (Å²) in [6.07, 6.45) is 0.946. The van der Waals surface area contributed by atoms with Gasteiger partial charge >= 0.3 is 5.97 Å². The fourth-order valence-corrected chi connectivity index (χ4v) is 4.17. The molecule has 4 rings (SSSR count). The Morgan fingerprint density at radius 1 is 1.19 bits per heavy atom. The predicted molar refractivity (Wildman–Crippen MR) is 119 cm³/mol. The molecule has 0 spiro atoms. The van der Waals surface area contributed by atoms with E-state index in [0.717, 1.165) is 25.0 Å². The minimum Gasteiger partial charge on any atom is -0.497 e. The molecule has 0 fully saturated rings. The molecule has 162 valence electrons. The lowest BCUT2D eigenvalue weighted by Gasteiger charge is -2.30. The average Bonchev–Trinajstić information content (AvgIpc) is 3.15. The average molecular weight is 423 g/mol. The summed E-state index contributed by atoms with van der Waals surface area (Å²) in [7, 11) is 1.58. The lowest BCUT2D eigenvalue weighted by molar-refractivity contribution is -0.929. The van der Waals surface area contributed by atoms with Crippen molar-refractivity contribution >= 4 is 28.5 Å². The van der Waals surface area contributed by atoms with Gasteiger partial charge in [-0.25, -0.2) is 4.79 Å². The molecule has 1 aliphatic heterocycles. The van der Waals surface area contributed by atoms with E-state index in [9.17, 15) is 9.59 Å². The Morgan fingerprint density at radius 3 is 2.71 bits per heavy atom. The van der Waals surface area contributed by atoms with E-state index in [-0.39, 0.29) is 24.2 Å². The first kappa shape index (κ1) is 20.9. The number of nitrogens with one attached hydrogen (secondary N) is 3. The van der Waals surface area contributed by atoms with E-state index in [0.29, 0.717) is 16.8 Å². The molecule has 3 aromatic rings. The maximum Gasteiger partial charge on any atom is 0.356 e. The lowest BCUT2D eigenvalue weighted by atomic mass is 9.98. The highest BCUT2D eigenvalue weighted by atomic mass is 16.5. The van der Waals surface area contributed by atoms with Crippen LogP contribution in [0, 0.1) is 0 Å². The maximum atomic E-state index is 13.2. The third-order valence-electron chi connectivity index (χ3n) is 5.99. The standard InChI is InChI=1S/C24H27N3O4/c1-4-31-24(29)22-21(19-13-18(30-3)9-10-20(19)25-22)26-23(28)15(2)27-12-11-16-7-5-6-8-17(16)14-27/h5-10,13,15,25H,4,11-12,14H2,1-3H3,(H,26,28)/p+1/t15-/m1/s1. The first-order chi connectivity index (χ1) is 15.0. The molecule has 2 heterocycles. The van der Waals surface area contributed by atoms with Crippen LogP contribution >= 0.6 is 0 Å². The number of aromatic amines is 1. The van der Waals surface area contributed by atoms with E-state index < -0.39 is 5.97 Å². The highest BCUT2D eigenvalue weighted by molar-refractivity contribution is 6.11. The fourth-order valence-electron chi connectivity index (χ4n) is 4.17. The van der Waals surface area contributed by atoms with Crippen LogP contribution in [0.25, 0.3) is 10.9 Å². The van der Waals surface area contributed by atoms with Crippen LogP contribution < -0.4 is 15.0 Å². The molecule has 1 aromatic heterocycles. The van der Waals surface area contributed by atoms with Gasteiger partial charge in [0.15, 0.2) is 6.04 Å². The summed E-state index contributed by atoms with van der Waals surface area (Å²) in [6, 6.07) is 13.5. The molecule has 2 aromatic carbocycles. The summed E-state index contributed by atoms with van der Waals surface area (Å²) in [5, 5.41) is 3.71. The van der Waals surface area contributed by atoms with E-state index in [2.05, 4.69) is 28.5 Å². The first-order valence-corrected chi connectivity index (χ1v) is 10.6. The smallest absolute Gasteiger partial charge is 0.356 e. The summed E-state index contributed by atoms with van der Waals surface area (Å²) in [6.45, 7) is 5.62. The number of hydrogen-bond donors (Lipinski definition) is 3. The van der Waals surface area contributed by atoms with Crippen molar-refractivity contribution in [1.82, 2.24) is 4.98 Å². The van der Waals surface area contributed by atoms with E-state index in [1.807, 2.05) is 19.1 Å². The Bertz CT molecular complexity index is 1120. The summed E-state index contributed by atoms with van der Waals surface area (Å²) in [5.74, 6) is 0.00670. The van der Waals surface area contributed by atoms with Crippen LogP contribution in [0.1, 0.15) is 35.5 Å². The predicted octanol–water partition coefficient (Wildman–Crippen LogP) is 2.32. The third kappa shape index (κ3) is 4.14. The van der Waals surface area contributed by atoms with E-state index in [1.54, 1.807) is 26.2 Å². The van der Waals surface area contributed by atoms with Gasteiger partial charge in [-0.15, -0.1) is 0 Å². The molecule has 7 nitrogen and oxygen atoms in total. The van der Waals surface area contributed by atoms with Gasteiger partial charge in [-0.05, 0) is 37.6 Å². The van der Waals surface area contributed by atoms with Crippen molar-refractivity contribution in [3.63, 3.8) is 0 Å². The van der Waals surface area contributed by atoms with Gasteiger partial charge in [0, 0.05) is 22.9 Å². The lowest BCUT2D eigenvalue weighted by Crippen LogP contribution is -3.16. The van der Waals surface area contributed by atoms with Gasteiger partial charge in [0.1, 0.15) is 18.0 Å². The van der Waals surface area contributed by atoms with E-state index in [1.165, 1.54) is 16.0 Å². The zero-order valence-electron chi connectivity index (χ0n) is 18.1. The highest BCUT2D eigenvalue weighted by Gasteiger charge is 2.30. The Morgan fingerprint density at radius 2 is 1.97 bits per heavy atom. The monoisotopic (exact) mass is 422 g/mol. The SMILES string of the molecule is CCOC(=O)c1[nH]c2ccc(OC)cc2c1NC(=O)[C@@H](C)[NH+]1CCc2ccccc2C1. The van der Waals surface area contributed by atoms with Gasteiger partial charge in [0.2, 0.25) is 0 Å². The van der Waals surface area contributed by atoms with Crippen molar-refractivity contribution in [3.05, 3.63) is 59.3 Å². The number of methoxy groups -OCH3 is 1. The van der Waals surface area contributed by atoms with E-state index in [4.69, 9.17) is 9.47 Å². The first-order valence-electron chi connectivity index (χ1n) is 10.6. The van der Waals surface area contributed by atoms with Crippen LogP contribution in [0.15, 0.2) is 42.5 Å². The zero-order valence-corrected chi connectivity index (χ0v) is 18.1. The molecular formula is C24H28N3O4+. The number of esters is 1. The molecule has 7 heteroatoms. The van der Waals surface area contributed by atoms with Crippen LogP contribution in [0.2, 0.25) is 0 Å². The number of anilines is 1. The molecule has 3 N–H and O–H groups in total. The zero-order chi connectivity index (χ0) is 22.0. The number of carbonyl (C=O) groups is 2. The second-order valence-electron chi connectivity index (χ2n) is 7.82. The summed E-state index contributed by atoms with van der Waals surface area (Å²) in [5.41, 5.74) is 4.04. The van der Waals surface area contributed by atoms with Crippen LogP contribution in [0.4, 0.5) is 5.69 Å². The Kier molecular flexibility index (Phi) is 5.95. The summed E-state index contributed by atoms with van der Waals surface area (Å²) < 4.78 is 10.5.